The number of piperazine rings is 1. The molecule has 168 valence electrons. The predicted molar refractivity (Wildman–Crippen MR) is 125 cm³/mol. The van der Waals surface area contributed by atoms with Crippen molar-refractivity contribution in [1.29, 1.82) is 5.41 Å². The summed E-state index contributed by atoms with van der Waals surface area (Å²) in [6.45, 7) is 10.5. The van der Waals surface area contributed by atoms with Crippen molar-refractivity contribution in [3.8, 4) is 5.75 Å². The number of likely N-dealkylation sites (tertiary alicyclic amines) is 1. The summed E-state index contributed by atoms with van der Waals surface area (Å²) in [4.78, 5) is 19.5. The fraction of sp³-hybridized carbons (Fsp3) is 0.565. The minimum Gasteiger partial charge on any atom is -0.495 e. The standard InChI is InChI=1S/C23H32ClN5O2/c1-4-22(25)29-13-17(14-29)27-7-9-28(10-8-27)23(30)15(2)26-20-11-18(16-5-6-16)19(24)12-21(20)31-3/h4,11-12,15-17,25-26H,1,5-10,13-14H2,2-3H3/t15-/m0/s1. The molecule has 1 aromatic rings. The van der Waals surface area contributed by atoms with Gasteiger partial charge < -0.3 is 19.9 Å². The van der Waals surface area contributed by atoms with Crippen LogP contribution in [0.2, 0.25) is 5.02 Å². The van der Waals surface area contributed by atoms with Crippen LogP contribution in [0.5, 0.6) is 5.75 Å². The van der Waals surface area contributed by atoms with Crippen molar-refractivity contribution in [1.82, 2.24) is 14.7 Å². The second-order valence-electron chi connectivity index (χ2n) is 8.72. The summed E-state index contributed by atoms with van der Waals surface area (Å²) in [5, 5.41) is 11.9. The van der Waals surface area contributed by atoms with Crippen LogP contribution >= 0.6 is 11.6 Å². The number of nitrogens with one attached hydrogen (secondary N) is 2. The molecule has 0 bridgehead atoms. The fourth-order valence-electron chi connectivity index (χ4n) is 4.45. The number of amidine groups is 1. The molecule has 2 N–H and O–H groups in total. The van der Waals surface area contributed by atoms with Gasteiger partial charge in [-0.2, -0.15) is 0 Å². The van der Waals surface area contributed by atoms with Crippen LogP contribution in [0.15, 0.2) is 24.8 Å². The van der Waals surface area contributed by atoms with E-state index in [1.807, 2.05) is 28.9 Å². The summed E-state index contributed by atoms with van der Waals surface area (Å²) in [6, 6.07) is 4.01. The molecule has 0 radical (unpaired) electrons. The number of rotatable bonds is 7. The molecule has 3 aliphatic rings. The monoisotopic (exact) mass is 445 g/mol. The molecule has 2 heterocycles. The van der Waals surface area contributed by atoms with Crippen molar-refractivity contribution in [2.75, 3.05) is 51.7 Å². The quantitative estimate of drug-likeness (QED) is 0.498. The number of methoxy groups -OCH3 is 1. The molecule has 1 atom stereocenters. The van der Waals surface area contributed by atoms with Crippen LogP contribution in [0.1, 0.15) is 31.2 Å². The maximum absolute atomic E-state index is 13.1. The van der Waals surface area contributed by atoms with E-state index in [4.69, 9.17) is 21.7 Å². The summed E-state index contributed by atoms with van der Waals surface area (Å²) >= 11 is 6.42. The van der Waals surface area contributed by atoms with E-state index in [0.29, 0.717) is 23.5 Å². The van der Waals surface area contributed by atoms with E-state index in [0.717, 1.165) is 68.4 Å². The zero-order valence-electron chi connectivity index (χ0n) is 18.4. The Balaban J connectivity index is 1.31. The number of carbonyl (C=O) groups is 1. The molecule has 2 aliphatic heterocycles. The van der Waals surface area contributed by atoms with E-state index in [9.17, 15) is 4.79 Å². The lowest BCUT2D eigenvalue weighted by Gasteiger charge is -2.48. The Morgan fingerprint density at radius 3 is 2.52 bits per heavy atom. The lowest BCUT2D eigenvalue weighted by molar-refractivity contribution is -0.134. The summed E-state index contributed by atoms with van der Waals surface area (Å²) in [6.07, 6.45) is 3.92. The van der Waals surface area contributed by atoms with Crippen LogP contribution < -0.4 is 10.1 Å². The number of anilines is 1. The molecular formula is C23H32ClN5O2. The molecule has 4 rings (SSSR count). The zero-order chi connectivity index (χ0) is 22.1. The Bertz CT molecular complexity index is 858. The first-order valence-corrected chi connectivity index (χ1v) is 11.4. The lowest BCUT2D eigenvalue weighted by Crippen LogP contribution is -2.64. The molecular weight excluding hydrogens is 414 g/mol. The highest BCUT2D eigenvalue weighted by Crippen LogP contribution is 2.46. The number of amides is 1. The van der Waals surface area contributed by atoms with Crippen LogP contribution in [-0.4, -0.2) is 84.9 Å². The highest BCUT2D eigenvalue weighted by atomic mass is 35.5. The van der Waals surface area contributed by atoms with Crippen LogP contribution in [0.25, 0.3) is 0 Å². The molecule has 1 amide bonds. The molecule has 8 heteroatoms. The van der Waals surface area contributed by atoms with E-state index in [1.165, 1.54) is 0 Å². The number of halogens is 1. The molecule has 0 aromatic heterocycles. The van der Waals surface area contributed by atoms with E-state index in [1.54, 1.807) is 13.2 Å². The summed E-state index contributed by atoms with van der Waals surface area (Å²) in [5.41, 5.74) is 1.96. The Hall–Kier alpha value is -2.25. The second-order valence-corrected chi connectivity index (χ2v) is 9.13. The fourth-order valence-corrected chi connectivity index (χ4v) is 4.76. The van der Waals surface area contributed by atoms with Gasteiger partial charge in [0.15, 0.2) is 0 Å². The number of carbonyl (C=O) groups excluding carboxylic acids is 1. The van der Waals surface area contributed by atoms with Gasteiger partial charge in [0, 0.05) is 56.4 Å². The zero-order valence-corrected chi connectivity index (χ0v) is 19.1. The smallest absolute Gasteiger partial charge is 0.244 e. The third-order valence-electron chi connectivity index (χ3n) is 6.62. The van der Waals surface area contributed by atoms with Crippen molar-refractivity contribution in [2.45, 2.75) is 37.8 Å². The average Bonchev–Trinajstić information content (AvgIpc) is 3.58. The Morgan fingerprint density at radius 1 is 1.26 bits per heavy atom. The van der Waals surface area contributed by atoms with Crippen molar-refractivity contribution >= 4 is 29.0 Å². The van der Waals surface area contributed by atoms with Crippen molar-refractivity contribution in [2.24, 2.45) is 0 Å². The van der Waals surface area contributed by atoms with Gasteiger partial charge >= 0.3 is 0 Å². The van der Waals surface area contributed by atoms with Crippen LogP contribution in [0.4, 0.5) is 5.69 Å². The molecule has 0 unspecified atom stereocenters. The van der Waals surface area contributed by atoms with E-state index < -0.39 is 0 Å². The topological polar surface area (TPSA) is 71.9 Å². The Labute approximate surface area is 189 Å². The van der Waals surface area contributed by atoms with E-state index in [2.05, 4.69) is 16.8 Å². The number of ether oxygens (including phenoxy) is 1. The Kier molecular flexibility index (Phi) is 6.44. The van der Waals surface area contributed by atoms with Crippen molar-refractivity contribution in [3.05, 3.63) is 35.4 Å². The van der Waals surface area contributed by atoms with Crippen molar-refractivity contribution in [3.63, 3.8) is 0 Å². The van der Waals surface area contributed by atoms with Crippen LogP contribution in [-0.2, 0) is 4.79 Å². The van der Waals surface area contributed by atoms with E-state index >= 15 is 0 Å². The molecule has 3 fully saturated rings. The third kappa shape index (κ3) is 4.67. The molecule has 1 saturated carbocycles. The normalized spacial score (nSPS) is 20.7. The van der Waals surface area contributed by atoms with Gasteiger partial charge in [0.25, 0.3) is 0 Å². The summed E-state index contributed by atoms with van der Waals surface area (Å²) in [5.74, 6) is 1.79. The summed E-state index contributed by atoms with van der Waals surface area (Å²) in [7, 11) is 1.62. The van der Waals surface area contributed by atoms with E-state index in [-0.39, 0.29) is 11.9 Å². The highest BCUT2D eigenvalue weighted by molar-refractivity contribution is 6.31. The van der Waals surface area contributed by atoms with Gasteiger partial charge in [-0.25, -0.2) is 0 Å². The van der Waals surface area contributed by atoms with Gasteiger partial charge in [-0.1, -0.05) is 18.2 Å². The number of hydrogen-bond acceptors (Lipinski definition) is 5. The van der Waals surface area contributed by atoms with Gasteiger partial charge in [-0.15, -0.1) is 0 Å². The number of benzene rings is 1. The summed E-state index contributed by atoms with van der Waals surface area (Å²) < 4.78 is 5.50. The molecule has 1 aromatic carbocycles. The van der Waals surface area contributed by atoms with Gasteiger partial charge in [-0.3, -0.25) is 15.1 Å². The average molecular weight is 446 g/mol. The van der Waals surface area contributed by atoms with Gasteiger partial charge in [-0.05, 0) is 43.4 Å². The first-order chi connectivity index (χ1) is 14.9. The minimum absolute atomic E-state index is 0.105. The number of nitrogens with zero attached hydrogens (tertiary/aromatic N) is 3. The number of hydrogen-bond donors (Lipinski definition) is 2. The molecule has 1 aliphatic carbocycles. The second kappa shape index (κ2) is 9.09. The molecule has 31 heavy (non-hydrogen) atoms. The first kappa shape index (κ1) is 22.0. The largest absolute Gasteiger partial charge is 0.495 e. The highest BCUT2D eigenvalue weighted by Gasteiger charge is 2.35. The lowest BCUT2D eigenvalue weighted by atomic mass is 10.1. The van der Waals surface area contributed by atoms with Gasteiger partial charge in [0.1, 0.15) is 17.6 Å². The maximum atomic E-state index is 13.1. The molecule has 7 nitrogen and oxygen atoms in total. The van der Waals surface area contributed by atoms with Gasteiger partial charge in [0.2, 0.25) is 5.91 Å². The molecule has 2 saturated heterocycles. The minimum atomic E-state index is -0.346. The van der Waals surface area contributed by atoms with Crippen LogP contribution in [0, 0.1) is 5.41 Å². The predicted octanol–water partition coefficient (Wildman–Crippen LogP) is 3.02. The first-order valence-electron chi connectivity index (χ1n) is 11.0. The molecule has 0 spiro atoms. The van der Waals surface area contributed by atoms with Crippen LogP contribution in [0.3, 0.4) is 0 Å². The maximum Gasteiger partial charge on any atom is 0.244 e. The SMILES string of the molecule is C=CC(=N)N1CC(N2CCN(C(=O)[C@H](C)Nc3cc(C4CC4)c(Cl)cc3OC)CC2)C1. The Morgan fingerprint density at radius 2 is 1.94 bits per heavy atom. The van der Waals surface area contributed by atoms with Crippen molar-refractivity contribution < 1.29 is 9.53 Å². The van der Waals surface area contributed by atoms with Gasteiger partial charge in [0.05, 0.1) is 12.8 Å². The third-order valence-corrected chi connectivity index (χ3v) is 6.94.